The Hall–Kier alpha value is -9.60. The third-order valence-electron chi connectivity index (χ3n) is 14.2. The smallest absolute Gasteiger partial charge is 0.378 e. The van der Waals surface area contributed by atoms with Crippen LogP contribution in [0.3, 0.4) is 0 Å². The van der Waals surface area contributed by atoms with E-state index >= 15 is 0 Å². The molecule has 5 amide bonds. The number of nitrogens with zero attached hydrogens (tertiary/aromatic N) is 6. The first-order valence-corrected chi connectivity index (χ1v) is 32.7. The second-order valence-electron chi connectivity index (χ2n) is 21.3. The Bertz CT molecular complexity index is 3840. The van der Waals surface area contributed by atoms with E-state index in [1.54, 1.807) is 126 Å². The number of aryl methyl sites for hydroxylation is 2. The van der Waals surface area contributed by atoms with Gasteiger partial charge in [0.2, 0.25) is 0 Å². The number of hydrogen-bond acceptors (Lipinski definition) is 21. The van der Waals surface area contributed by atoms with Crippen LogP contribution in [0.25, 0.3) is 6.20 Å². The van der Waals surface area contributed by atoms with Gasteiger partial charge in [-0.1, -0.05) is 12.1 Å². The first kappa shape index (κ1) is 70.3. The van der Waals surface area contributed by atoms with E-state index in [1.807, 2.05) is 18.3 Å². The molecule has 8 N–H and O–H groups in total. The quantitative estimate of drug-likeness (QED) is 0.00751. The number of carbonyl (C=O) groups excluding carboxylic acids is 5. The van der Waals surface area contributed by atoms with Gasteiger partial charge in [-0.3, -0.25) is 70.3 Å². The summed E-state index contributed by atoms with van der Waals surface area (Å²) in [6.45, 7) is 9.16. The number of hydrazine groups is 2. The largest absolute Gasteiger partial charge is 0.590 e. The number of sulfonamides is 2. The van der Waals surface area contributed by atoms with Gasteiger partial charge in [-0.2, -0.15) is 10.5 Å². The average Bonchev–Trinajstić information content (AvgIpc) is 1.08. The van der Waals surface area contributed by atoms with Crippen LogP contribution in [0.5, 0.6) is 0 Å². The van der Waals surface area contributed by atoms with Crippen LogP contribution in [0.1, 0.15) is 27.0 Å². The molecule has 0 atom stereocenters. The predicted molar refractivity (Wildman–Crippen MR) is 343 cm³/mol. The summed E-state index contributed by atoms with van der Waals surface area (Å²) < 4.78 is 84.0. The van der Waals surface area contributed by atoms with Crippen LogP contribution in [0, 0.1) is 20.1 Å². The molecule has 0 spiro atoms. The fourth-order valence-corrected chi connectivity index (χ4v) is 11.2. The molecule has 8 rings (SSSR count). The number of carbonyl (C=O) groups is 5. The number of nitrogens with one attached hydrogen (secondary N) is 8. The zero-order valence-electron chi connectivity index (χ0n) is 52.3. The molecular formula is C62H77N14O16S2+3. The molecule has 2 fully saturated rings. The number of aromatic nitrogens is 2. The molecule has 32 heteroatoms. The Morgan fingerprint density at radius 2 is 1.15 bits per heavy atom. The van der Waals surface area contributed by atoms with Gasteiger partial charge in [0.15, 0.2) is 31.3 Å². The lowest BCUT2D eigenvalue weighted by atomic mass is 10.2. The molecule has 6 aromatic rings. The highest BCUT2D eigenvalue weighted by Gasteiger charge is 2.26. The van der Waals surface area contributed by atoms with Crippen molar-refractivity contribution in [2.75, 3.05) is 144 Å². The number of hydrogen-bond donors (Lipinski definition) is 8. The van der Waals surface area contributed by atoms with Gasteiger partial charge in [0.05, 0.1) is 92.0 Å². The highest BCUT2D eigenvalue weighted by atomic mass is 32.2. The molecule has 2 aliphatic rings. The Labute approximate surface area is 544 Å². The molecule has 2 aliphatic heterocycles. The minimum Gasteiger partial charge on any atom is -0.378 e. The predicted octanol–water partition coefficient (Wildman–Crippen LogP) is 2.57. The second-order valence-corrected chi connectivity index (χ2v) is 24.6. The lowest BCUT2D eigenvalue weighted by Crippen LogP contribution is -2.49. The van der Waals surface area contributed by atoms with Crippen LogP contribution >= 0.6 is 0 Å². The highest BCUT2D eigenvalue weighted by molar-refractivity contribution is 7.93. The third-order valence-corrected chi connectivity index (χ3v) is 17.0. The molecule has 0 bridgehead atoms. The van der Waals surface area contributed by atoms with Crippen LogP contribution in [0.4, 0.5) is 34.1 Å². The Kier molecular flexibility index (Phi) is 26.1. The van der Waals surface area contributed by atoms with E-state index in [9.17, 15) is 40.8 Å². The van der Waals surface area contributed by atoms with E-state index < -0.39 is 43.7 Å². The Morgan fingerprint density at radius 1 is 0.606 bits per heavy atom. The van der Waals surface area contributed by atoms with Crippen molar-refractivity contribution < 1.29 is 83.4 Å². The summed E-state index contributed by atoms with van der Waals surface area (Å²) in [4.78, 5) is 84.2. The van der Waals surface area contributed by atoms with Crippen molar-refractivity contribution in [1.29, 1.82) is 0 Å². The zero-order chi connectivity index (χ0) is 66.9. The molecule has 0 saturated carbocycles. The van der Waals surface area contributed by atoms with Gasteiger partial charge in [0.1, 0.15) is 12.2 Å². The third kappa shape index (κ3) is 21.8. The van der Waals surface area contributed by atoms with Crippen LogP contribution in [0.15, 0.2) is 144 Å². The number of amides is 5. The summed E-state index contributed by atoms with van der Waals surface area (Å²) in [5.41, 5.74) is 20.4. The molecule has 0 radical (unpaired) electrons. The van der Waals surface area contributed by atoms with Crippen molar-refractivity contribution in [2.45, 2.75) is 36.8 Å². The molecule has 2 saturated heterocycles. The number of benzene rings is 4. The number of likely N-dealkylation sites (N-methyl/N-ethyl adjacent to an activating group) is 2. The van der Waals surface area contributed by atoms with E-state index in [0.717, 1.165) is 5.56 Å². The molecular weight excluding hydrogens is 1260 g/mol. The van der Waals surface area contributed by atoms with Crippen LogP contribution < -0.4 is 51.2 Å². The number of morpholine rings is 2. The first-order valence-electron chi connectivity index (χ1n) is 29.8. The maximum Gasteiger partial charge on any atom is 0.590 e. The SMILES string of the molecule is Cc1cc(NS(=O)(=O)c2cccc(NO[C+]=C[n+]3cccc(CON(C)CCOCCOCCN(C)C(=O)c4ccc[n+](CCONc5cccc(S(=O)(=O)Nc6ccc(NNC(=O)C(=O)N7CCOCC7)c(C)c6)c5)c4)c3)c2)ccc1NNC(=O)C(=O)N1CCOCC1. The van der Waals surface area contributed by atoms with Crippen LogP contribution in [-0.2, 0) is 85.8 Å². The second kappa shape index (κ2) is 34.9. The minimum absolute atomic E-state index is 0.0205. The van der Waals surface area contributed by atoms with Gasteiger partial charge in [-0.05, 0) is 110 Å². The summed E-state index contributed by atoms with van der Waals surface area (Å²) in [6, 6.07) is 28.7. The molecule has 2 aromatic heterocycles. The summed E-state index contributed by atoms with van der Waals surface area (Å²) in [5, 5.41) is 1.67. The lowest BCUT2D eigenvalue weighted by molar-refractivity contribution is -0.698. The van der Waals surface area contributed by atoms with E-state index in [2.05, 4.69) is 48.4 Å². The molecule has 0 aliphatic carbocycles. The van der Waals surface area contributed by atoms with Gasteiger partial charge in [0.25, 0.3) is 26.0 Å². The zero-order valence-corrected chi connectivity index (χ0v) is 54.0. The molecule has 94 heavy (non-hydrogen) atoms. The summed E-state index contributed by atoms with van der Waals surface area (Å²) >= 11 is 0. The van der Waals surface area contributed by atoms with Gasteiger partial charge in [-0.15, -0.1) is 9.40 Å². The highest BCUT2D eigenvalue weighted by Crippen LogP contribution is 2.26. The van der Waals surface area contributed by atoms with Crippen molar-refractivity contribution in [3.8, 4) is 0 Å². The number of hydroxylamine groups is 2. The van der Waals surface area contributed by atoms with Gasteiger partial charge in [0, 0.05) is 82.4 Å². The molecule has 4 aromatic carbocycles. The summed E-state index contributed by atoms with van der Waals surface area (Å²) in [5.74, 6) is -3.21. The van der Waals surface area contributed by atoms with Crippen molar-refractivity contribution in [1.82, 2.24) is 30.6 Å². The number of anilines is 6. The monoisotopic (exact) mass is 1340 g/mol. The van der Waals surface area contributed by atoms with E-state index in [0.29, 0.717) is 138 Å². The fourth-order valence-electron chi connectivity index (χ4n) is 9.04. The molecule has 4 heterocycles. The van der Waals surface area contributed by atoms with E-state index in [1.165, 1.54) is 52.4 Å². The number of pyridine rings is 2. The van der Waals surface area contributed by atoms with E-state index in [4.69, 9.17) is 33.5 Å². The van der Waals surface area contributed by atoms with Crippen molar-refractivity contribution >= 4 is 89.9 Å². The Morgan fingerprint density at radius 3 is 1.71 bits per heavy atom. The minimum atomic E-state index is -4.03. The van der Waals surface area contributed by atoms with Gasteiger partial charge >= 0.3 is 36.1 Å². The average molecular weight is 1340 g/mol. The first-order chi connectivity index (χ1) is 45.3. The fraction of sp³-hybridized carbons (Fsp3) is 0.339. The molecule has 500 valence electrons. The van der Waals surface area contributed by atoms with Crippen LogP contribution in [-0.4, -0.2) is 179 Å². The van der Waals surface area contributed by atoms with Gasteiger partial charge in [-0.25, -0.2) is 21.4 Å². The van der Waals surface area contributed by atoms with Crippen molar-refractivity contribution in [3.05, 3.63) is 162 Å². The van der Waals surface area contributed by atoms with Crippen molar-refractivity contribution in [3.63, 3.8) is 0 Å². The maximum absolute atomic E-state index is 13.4. The standard InChI is InChI=1S/C62H74N14O16S2/c1-46-39-52(15-17-56(46)63-65-58(77)61(80)75-25-31-86-32-26-75)69-93(82,83)54-13-5-11-50(41-54)67-90-35-23-73-19-7-9-48(43-73)45-92-72(4)22-30-89-38-37-88-29-21-71(3)60(79)49-10-8-20-74(44-49)24-36-91-68-51-12-6-14-55(42-51)94(84,85)70-53-16-18-57(47(2)40-53)64-66-59(78)62(81)76-27-33-87-34-28-76/h5-20,23,39-44,67-68H,21-22,24-34,36-38,45H2,1-4H3,(H3-3,63,64,65,66,69,70,77,78,80,81)/p+3. The normalized spacial score (nSPS) is 13.3. The van der Waals surface area contributed by atoms with Crippen LogP contribution in [0.2, 0.25) is 0 Å². The summed E-state index contributed by atoms with van der Waals surface area (Å²) in [7, 11) is -4.57. The van der Waals surface area contributed by atoms with Gasteiger partial charge < -0.3 is 33.6 Å². The van der Waals surface area contributed by atoms with E-state index in [-0.39, 0.29) is 40.3 Å². The summed E-state index contributed by atoms with van der Waals surface area (Å²) in [6.07, 6.45) is 11.3. The molecule has 30 nitrogen and oxygen atoms in total. The molecule has 0 unspecified atom stereocenters. The number of ether oxygens (including phenoxy) is 4. The topological polar surface area (TPSA) is 335 Å². The van der Waals surface area contributed by atoms with Crippen molar-refractivity contribution in [2.24, 2.45) is 0 Å². The number of rotatable bonds is 32. The maximum atomic E-state index is 13.4. The Balaban J connectivity index is 0.656. The lowest BCUT2D eigenvalue weighted by Gasteiger charge is -2.26.